The molecule has 0 fully saturated rings. The number of carbonyl (C=O) groups is 2. The molecule has 1 heterocycles. The van der Waals surface area contributed by atoms with Gasteiger partial charge >= 0.3 is 5.97 Å². The molecule has 1 unspecified atom stereocenters. The van der Waals surface area contributed by atoms with Crippen molar-refractivity contribution in [1.82, 2.24) is 15.6 Å². The van der Waals surface area contributed by atoms with Crippen molar-refractivity contribution in [2.75, 3.05) is 20.7 Å². The Labute approximate surface area is 150 Å². The van der Waals surface area contributed by atoms with Gasteiger partial charge in [-0.2, -0.15) is 0 Å². The summed E-state index contributed by atoms with van der Waals surface area (Å²) < 4.78 is 4.65. The number of hydrogen-bond acceptors (Lipinski definition) is 7. The number of ether oxygens (including phenoxy) is 1. The third-order valence-electron chi connectivity index (χ3n) is 3.34. The Hall–Kier alpha value is -2.55. The number of rotatable bonds is 7. The lowest BCUT2D eigenvalue weighted by molar-refractivity contribution is -0.118. The monoisotopic (exact) mass is 365 g/mol. The minimum Gasteiger partial charge on any atom is -0.465 e. The molecule has 1 amide bonds. The lowest BCUT2D eigenvalue weighted by Crippen LogP contribution is -2.32. The molecule has 8 nitrogen and oxygen atoms in total. The van der Waals surface area contributed by atoms with Crippen molar-refractivity contribution >= 4 is 35.3 Å². The van der Waals surface area contributed by atoms with E-state index in [9.17, 15) is 9.59 Å². The molecular formula is C16H23N5O3S. The smallest absolute Gasteiger partial charge is 0.349 e. The summed E-state index contributed by atoms with van der Waals surface area (Å²) in [7, 11) is 2.90. The molecular weight excluding hydrogens is 342 g/mol. The third-order valence-corrected chi connectivity index (χ3v) is 4.50. The van der Waals surface area contributed by atoms with Gasteiger partial charge in [-0.05, 0) is 20.8 Å². The molecule has 0 bridgehead atoms. The zero-order valence-electron chi connectivity index (χ0n) is 15.0. The van der Waals surface area contributed by atoms with Gasteiger partial charge in [0.1, 0.15) is 15.7 Å². The molecule has 1 aromatic heterocycles. The van der Waals surface area contributed by atoms with E-state index in [4.69, 9.17) is 5.41 Å². The van der Waals surface area contributed by atoms with Gasteiger partial charge < -0.3 is 20.8 Å². The van der Waals surface area contributed by atoms with Crippen LogP contribution >= 0.6 is 11.3 Å². The Morgan fingerprint density at radius 2 is 2.20 bits per heavy atom. The fourth-order valence-corrected chi connectivity index (χ4v) is 2.83. The van der Waals surface area contributed by atoms with E-state index in [1.807, 2.05) is 6.92 Å². The van der Waals surface area contributed by atoms with Crippen LogP contribution in [0.1, 0.15) is 41.5 Å². The number of nitrogens with zero attached hydrogens (tertiary/aromatic N) is 2. The lowest BCUT2D eigenvalue weighted by atomic mass is 10.1. The summed E-state index contributed by atoms with van der Waals surface area (Å²) in [5.41, 5.74) is 0.789. The Balaban J connectivity index is 2.95. The van der Waals surface area contributed by atoms with Crippen LogP contribution in [0, 0.1) is 5.41 Å². The van der Waals surface area contributed by atoms with Crippen molar-refractivity contribution in [3.63, 3.8) is 0 Å². The van der Waals surface area contributed by atoms with Gasteiger partial charge in [-0.25, -0.2) is 9.78 Å². The van der Waals surface area contributed by atoms with Gasteiger partial charge in [-0.1, -0.05) is 0 Å². The second kappa shape index (κ2) is 9.67. The molecule has 1 rings (SSSR count). The molecule has 0 aromatic carbocycles. The van der Waals surface area contributed by atoms with Gasteiger partial charge in [0.05, 0.1) is 19.3 Å². The minimum absolute atomic E-state index is 0.333. The predicted molar refractivity (Wildman–Crippen MR) is 98.5 cm³/mol. The van der Waals surface area contributed by atoms with E-state index in [2.05, 4.69) is 25.3 Å². The predicted octanol–water partition coefficient (Wildman–Crippen LogP) is 1.71. The number of aromatic nitrogens is 1. The van der Waals surface area contributed by atoms with Crippen LogP contribution in [0.5, 0.6) is 0 Å². The van der Waals surface area contributed by atoms with Crippen LogP contribution in [0.15, 0.2) is 22.3 Å². The standard InChI is InChI=1S/C16H23N5O3S/c1-6-19-13(18-4)11(7-17)9(2)14(22)21-10(3)15-20-8-12(25-15)16(23)24-5/h7-8,10,17H,6H2,1-5H3,(H,18,19)(H,21,22)/b11-9+,17-7?. The zero-order chi connectivity index (χ0) is 19.0. The van der Waals surface area contributed by atoms with Crippen molar-refractivity contribution in [1.29, 1.82) is 5.41 Å². The molecule has 0 aliphatic heterocycles. The van der Waals surface area contributed by atoms with Crippen molar-refractivity contribution in [2.24, 2.45) is 4.99 Å². The molecule has 0 aliphatic carbocycles. The summed E-state index contributed by atoms with van der Waals surface area (Å²) in [5, 5.41) is 14.0. The SMILES string of the molecule is CCNC(=NC)/C(C=N)=C(\C)C(=O)NC(C)c1ncc(C(=O)OC)s1. The van der Waals surface area contributed by atoms with Gasteiger partial charge in [0.25, 0.3) is 0 Å². The molecule has 25 heavy (non-hydrogen) atoms. The summed E-state index contributed by atoms with van der Waals surface area (Å²) in [6.45, 7) is 5.94. The molecule has 1 atom stereocenters. The number of hydrogen-bond donors (Lipinski definition) is 3. The number of likely N-dealkylation sites (N-methyl/N-ethyl adjacent to an activating group) is 1. The second-order valence-corrected chi connectivity index (χ2v) is 6.10. The first-order valence-electron chi connectivity index (χ1n) is 7.66. The van der Waals surface area contributed by atoms with Gasteiger partial charge in [0, 0.05) is 31.0 Å². The van der Waals surface area contributed by atoms with E-state index in [1.54, 1.807) is 20.9 Å². The molecule has 3 N–H and O–H groups in total. The highest BCUT2D eigenvalue weighted by molar-refractivity contribution is 7.13. The number of amidine groups is 1. The number of aliphatic imine (C=N–C) groups is 1. The average molecular weight is 365 g/mol. The van der Waals surface area contributed by atoms with Crippen LogP contribution in [0.2, 0.25) is 0 Å². The number of carbonyl (C=O) groups excluding carboxylic acids is 2. The first-order chi connectivity index (χ1) is 11.9. The van der Waals surface area contributed by atoms with Crippen molar-refractivity contribution in [2.45, 2.75) is 26.8 Å². The summed E-state index contributed by atoms with van der Waals surface area (Å²) in [4.78, 5) is 32.6. The van der Waals surface area contributed by atoms with E-state index >= 15 is 0 Å². The van der Waals surface area contributed by atoms with E-state index in [1.165, 1.54) is 13.3 Å². The molecule has 0 saturated heterocycles. The third kappa shape index (κ3) is 5.21. The molecule has 0 aliphatic rings. The van der Waals surface area contributed by atoms with E-state index in [0.29, 0.717) is 33.4 Å². The number of thiazole rings is 1. The maximum absolute atomic E-state index is 12.5. The first-order valence-corrected chi connectivity index (χ1v) is 8.48. The number of nitrogens with one attached hydrogen (secondary N) is 3. The van der Waals surface area contributed by atoms with Crippen molar-refractivity contribution in [3.05, 3.63) is 27.2 Å². The van der Waals surface area contributed by atoms with Gasteiger partial charge in [-0.15, -0.1) is 11.3 Å². The Kier molecular flexibility index (Phi) is 7.93. The van der Waals surface area contributed by atoms with Crippen molar-refractivity contribution < 1.29 is 14.3 Å². The quantitative estimate of drug-likeness (QED) is 0.294. The van der Waals surface area contributed by atoms with Crippen LogP contribution in [0.25, 0.3) is 0 Å². The Morgan fingerprint density at radius 3 is 2.72 bits per heavy atom. The Bertz CT molecular complexity index is 708. The van der Waals surface area contributed by atoms with E-state index in [0.717, 1.165) is 17.6 Å². The van der Waals surface area contributed by atoms with Crippen LogP contribution in [0.3, 0.4) is 0 Å². The summed E-state index contributed by atoms with van der Waals surface area (Å²) in [6, 6.07) is -0.390. The fourth-order valence-electron chi connectivity index (χ4n) is 1.99. The largest absolute Gasteiger partial charge is 0.465 e. The van der Waals surface area contributed by atoms with Crippen molar-refractivity contribution in [3.8, 4) is 0 Å². The maximum atomic E-state index is 12.5. The van der Waals surface area contributed by atoms with Crippen LogP contribution in [-0.2, 0) is 9.53 Å². The molecule has 136 valence electrons. The fraction of sp³-hybridized carbons (Fsp3) is 0.438. The Morgan fingerprint density at radius 1 is 1.52 bits per heavy atom. The van der Waals surface area contributed by atoms with Gasteiger partial charge in [0.2, 0.25) is 5.91 Å². The maximum Gasteiger partial charge on any atom is 0.349 e. The first kappa shape index (κ1) is 20.5. The molecule has 9 heteroatoms. The summed E-state index contributed by atoms with van der Waals surface area (Å²) in [6.07, 6.45) is 2.52. The molecule has 0 spiro atoms. The van der Waals surface area contributed by atoms with Crippen LogP contribution in [-0.4, -0.2) is 49.6 Å². The summed E-state index contributed by atoms with van der Waals surface area (Å²) >= 11 is 1.16. The zero-order valence-corrected chi connectivity index (χ0v) is 15.8. The highest BCUT2D eigenvalue weighted by Crippen LogP contribution is 2.21. The molecule has 0 radical (unpaired) electrons. The van der Waals surface area contributed by atoms with Crippen LogP contribution < -0.4 is 10.6 Å². The summed E-state index contributed by atoms with van der Waals surface area (Å²) in [5.74, 6) is -0.307. The van der Waals surface area contributed by atoms with Crippen LogP contribution in [0.4, 0.5) is 0 Å². The molecule has 1 aromatic rings. The molecule has 0 saturated carbocycles. The normalized spacial score (nSPS) is 13.6. The van der Waals surface area contributed by atoms with Gasteiger partial charge in [-0.3, -0.25) is 9.79 Å². The minimum atomic E-state index is -0.459. The lowest BCUT2D eigenvalue weighted by Gasteiger charge is -2.14. The highest BCUT2D eigenvalue weighted by atomic mass is 32.1. The number of amides is 1. The number of esters is 1. The van der Waals surface area contributed by atoms with E-state index < -0.39 is 5.97 Å². The topological polar surface area (TPSA) is 117 Å². The highest BCUT2D eigenvalue weighted by Gasteiger charge is 2.19. The second-order valence-electron chi connectivity index (χ2n) is 5.04. The average Bonchev–Trinajstić information content (AvgIpc) is 3.10. The number of methoxy groups -OCH3 is 1. The van der Waals surface area contributed by atoms with Gasteiger partial charge in [0.15, 0.2) is 0 Å². The van der Waals surface area contributed by atoms with E-state index in [-0.39, 0.29) is 11.9 Å².